The lowest BCUT2D eigenvalue weighted by molar-refractivity contribution is 0.306. The molecule has 1 heteroatoms. The molecule has 0 aliphatic rings. The zero-order valence-electron chi connectivity index (χ0n) is 13.9. The molecule has 0 unspecified atom stereocenters. The molecule has 0 atom stereocenters. The van der Waals surface area contributed by atoms with Gasteiger partial charge in [-0.15, -0.1) is 5.92 Å². The third-order valence-corrected chi connectivity index (χ3v) is 3.38. The normalized spacial score (nSPS) is 9.30. The Morgan fingerprint density at radius 3 is 1.78 bits per heavy atom. The van der Waals surface area contributed by atoms with Gasteiger partial charge in [0.15, 0.2) is 0 Å². The Labute approximate surface area is 139 Å². The van der Waals surface area contributed by atoms with E-state index in [1.54, 1.807) is 0 Å². The monoisotopic (exact) mass is 302 g/mol. The van der Waals surface area contributed by atoms with Crippen LogP contribution < -0.4 is 4.74 Å². The molecule has 2 rings (SSSR count). The second kappa shape index (κ2) is 9.39. The minimum absolute atomic E-state index is 0.784. The van der Waals surface area contributed by atoms with Gasteiger partial charge in [-0.3, -0.25) is 0 Å². The summed E-state index contributed by atoms with van der Waals surface area (Å²) in [6, 6.07) is 15.9. The fourth-order valence-electron chi connectivity index (χ4n) is 2.10. The van der Waals surface area contributed by atoms with Crippen LogP contribution in [0.25, 0.3) is 0 Å². The van der Waals surface area contributed by atoms with E-state index in [-0.39, 0.29) is 0 Å². The van der Waals surface area contributed by atoms with Gasteiger partial charge in [-0.05, 0) is 61.9 Å². The van der Waals surface area contributed by atoms with Crippen LogP contribution in [0, 0.1) is 23.7 Å². The molecule has 0 bridgehead atoms. The van der Waals surface area contributed by atoms with Gasteiger partial charge in [0.1, 0.15) is 5.75 Å². The molecular formula is C22H22O. The third-order valence-electron chi connectivity index (χ3n) is 3.38. The maximum atomic E-state index is 5.70. The topological polar surface area (TPSA) is 9.23 Å². The molecule has 2 aromatic rings. The average Bonchev–Trinajstić information content (AvgIpc) is 2.59. The lowest BCUT2D eigenvalue weighted by Gasteiger charge is -2.05. The summed E-state index contributed by atoms with van der Waals surface area (Å²) >= 11 is 0. The highest BCUT2D eigenvalue weighted by atomic mass is 16.5. The highest BCUT2D eigenvalue weighted by molar-refractivity contribution is 5.46. The summed E-state index contributed by atoms with van der Waals surface area (Å²) in [4.78, 5) is 0. The number of benzene rings is 2. The standard InChI is InChI=1S/C22H22O/c1-3-5-6-18-23-22-16-14-21(15-17-22)13-12-20-10-8-19(7-4-2)9-11-20/h8-11,14-17H,3,5-6,18H2,1-2H3. The molecule has 1 nitrogen and oxygen atoms in total. The first-order chi connectivity index (χ1) is 11.3. The van der Waals surface area contributed by atoms with Crippen LogP contribution in [0.2, 0.25) is 0 Å². The molecule has 0 spiro atoms. The van der Waals surface area contributed by atoms with Crippen molar-refractivity contribution in [2.75, 3.05) is 6.61 Å². The van der Waals surface area contributed by atoms with E-state index < -0.39 is 0 Å². The predicted octanol–water partition coefficient (Wildman–Crippen LogP) is 5.03. The number of rotatable bonds is 5. The number of ether oxygens (including phenoxy) is 1. The van der Waals surface area contributed by atoms with Crippen molar-refractivity contribution < 1.29 is 4.74 Å². The Morgan fingerprint density at radius 1 is 0.739 bits per heavy atom. The Balaban J connectivity index is 1.94. The smallest absolute Gasteiger partial charge is 0.119 e. The zero-order chi connectivity index (χ0) is 16.3. The van der Waals surface area contributed by atoms with Crippen molar-refractivity contribution in [1.29, 1.82) is 0 Å². The van der Waals surface area contributed by atoms with Gasteiger partial charge >= 0.3 is 0 Å². The van der Waals surface area contributed by atoms with Crippen LogP contribution in [0.4, 0.5) is 0 Å². The van der Waals surface area contributed by atoms with Crippen LogP contribution in [-0.2, 0) is 0 Å². The molecule has 0 fully saturated rings. The maximum Gasteiger partial charge on any atom is 0.119 e. The van der Waals surface area contributed by atoms with Gasteiger partial charge in [0.25, 0.3) is 0 Å². The molecule has 0 aliphatic heterocycles. The van der Waals surface area contributed by atoms with Gasteiger partial charge in [-0.1, -0.05) is 37.5 Å². The Bertz CT molecular complexity index is 716. The highest BCUT2D eigenvalue weighted by Gasteiger charge is 1.94. The molecule has 0 aliphatic carbocycles. The number of unbranched alkanes of at least 4 members (excludes halogenated alkanes) is 2. The van der Waals surface area contributed by atoms with E-state index in [1.807, 2.05) is 55.5 Å². The van der Waals surface area contributed by atoms with Crippen LogP contribution in [0.3, 0.4) is 0 Å². The van der Waals surface area contributed by atoms with E-state index in [0.717, 1.165) is 35.5 Å². The quantitative estimate of drug-likeness (QED) is 0.556. The second-order valence-electron chi connectivity index (χ2n) is 5.28. The highest BCUT2D eigenvalue weighted by Crippen LogP contribution is 2.12. The minimum Gasteiger partial charge on any atom is -0.494 e. The van der Waals surface area contributed by atoms with Crippen molar-refractivity contribution in [3.05, 3.63) is 65.2 Å². The fourth-order valence-corrected chi connectivity index (χ4v) is 2.10. The Hall–Kier alpha value is -2.64. The molecule has 0 heterocycles. The molecule has 0 saturated carbocycles. The average molecular weight is 302 g/mol. The van der Waals surface area contributed by atoms with Crippen LogP contribution >= 0.6 is 0 Å². The Kier molecular flexibility index (Phi) is 6.83. The first-order valence-corrected chi connectivity index (χ1v) is 8.09. The largest absolute Gasteiger partial charge is 0.494 e. The molecular weight excluding hydrogens is 280 g/mol. The van der Waals surface area contributed by atoms with Gasteiger partial charge in [0.05, 0.1) is 6.61 Å². The molecule has 116 valence electrons. The van der Waals surface area contributed by atoms with Gasteiger partial charge in [-0.2, -0.15) is 0 Å². The van der Waals surface area contributed by atoms with Crippen molar-refractivity contribution in [1.82, 2.24) is 0 Å². The van der Waals surface area contributed by atoms with Gasteiger partial charge in [-0.25, -0.2) is 0 Å². The molecule has 0 radical (unpaired) electrons. The second-order valence-corrected chi connectivity index (χ2v) is 5.28. The summed E-state index contributed by atoms with van der Waals surface area (Å²) in [7, 11) is 0. The SMILES string of the molecule is CC#Cc1ccc(C#Cc2ccc(OCCCCC)cc2)cc1. The molecule has 0 amide bonds. The molecule has 0 saturated heterocycles. The van der Waals surface area contributed by atoms with Crippen LogP contribution in [0.1, 0.15) is 49.8 Å². The van der Waals surface area contributed by atoms with Crippen molar-refractivity contribution in [3.63, 3.8) is 0 Å². The van der Waals surface area contributed by atoms with Crippen LogP contribution in [-0.4, -0.2) is 6.61 Å². The first kappa shape index (κ1) is 16.7. The van der Waals surface area contributed by atoms with Crippen molar-refractivity contribution in [2.45, 2.75) is 33.1 Å². The zero-order valence-corrected chi connectivity index (χ0v) is 13.9. The third kappa shape index (κ3) is 5.93. The molecule has 2 aromatic carbocycles. The lowest BCUT2D eigenvalue weighted by Crippen LogP contribution is -1.96. The predicted molar refractivity (Wildman–Crippen MR) is 96.4 cm³/mol. The van der Waals surface area contributed by atoms with Crippen LogP contribution in [0.15, 0.2) is 48.5 Å². The summed E-state index contributed by atoms with van der Waals surface area (Å²) in [6.07, 6.45) is 3.53. The van der Waals surface area contributed by atoms with E-state index >= 15 is 0 Å². The summed E-state index contributed by atoms with van der Waals surface area (Å²) in [5.74, 6) is 13.2. The van der Waals surface area contributed by atoms with Gasteiger partial charge in [0.2, 0.25) is 0 Å². The summed E-state index contributed by atoms with van der Waals surface area (Å²) in [6.45, 7) is 4.81. The van der Waals surface area contributed by atoms with E-state index in [9.17, 15) is 0 Å². The fraction of sp³-hybridized carbons (Fsp3) is 0.273. The lowest BCUT2D eigenvalue weighted by atomic mass is 10.1. The molecule has 0 aromatic heterocycles. The summed E-state index contributed by atoms with van der Waals surface area (Å²) < 4.78 is 5.70. The van der Waals surface area contributed by atoms with E-state index in [0.29, 0.717) is 0 Å². The maximum absolute atomic E-state index is 5.70. The van der Waals surface area contributed by atoms with Crippen molar-refractivity contribution in [2.24, 2.45) is 0 Å². The number of hydrogen-bond donors (Lipinski definition) is 0. The van der Waals surface area contributed by atoms with E-state index in [4.69, 9.17) is 4.74 Å². The molecule has 23 heavy (non-hydrogen) atoms. The molecule has 0 N–H and O–H groups in total. The first-order valence-electron chi connectivity index (χ1n) is 8.09. The van der Waals surface area contributed by atoms with Gasteiger partial charge in [0, 0.05) is 16.7 Å². The van der Waals surface area contributed by atoms with Crippen molar-refractivity contribution in [3.8, 4) is 29.4 Å². The van der Waals surface area contributed by atoms with Gasteiger partial charge < -0.3 is 4.74 Å². The summed E-state index contributed by atoms with van der Waals surface area (Å²) in [5.41, 5.74) is 3.00. The minimum atomic E-state index is 0.784. The Morgan fingerprint density at radius 2 is 1.26 bits per heavy atom. The van der Waals surface area contributed by atoms with E-state index in [1.165, 1.54) is 12.8 Å². The van der Waals surface area contributed by atoms with Crippen LogP contribution in [0.5, 0.6) is 5.75 Å². The van der Waals surface area contributed by atoms with E-state index in [2.05, 4.69) is 30.6 Å². The summed E-state index contributed by atoms with van der Waals surface area (Å²) in [5, 5.41) is 0. The number of hydrogen-bond acceptors (Lipinski definition) is 1. The van der Waals surface area contributed by atoms with Crippen molar-refractivity contribution >= 4 is 0 Å².